The number of rotatable bonds is 11. The van der Waals surface area contributed by atoms with E-state index >= 15 is 0 Å². The molecule has 0 spiro atoms. The molecule has 3 aromatic carbocycles. The number of aromatic amines is 1. The van der Waals surface area contributed by atoms with Crippen LogP contribution in [0, 0.1) is 0 Å². The summed E-state index contributed by atoms with van der Waals surface area (Å²) in [5, 5.41) is 1.15. The molecule has 0 aliphatic carbocycles. The quantitative estimate of drug-likeness (QED) is 0.0724. The van der Waals surface area contributed by atoms with Crippen molar-refractivity contribution in [2.75, 3.05) is 14.2 Å². The number of alkyl halides is 9. The molecule has 0 bridgehead atoms. The number of hydrogen-bond donors (Lipinski definition) is 1. The van der Waals surface area contributed by atoms with Gasteiger partial charge < -0.3 is 9.57 Å². The molecule has 19 heteroatoms. The molecule has 0 saturated carbocycles. The predicted molar refractivity (Wildman–Crippen MR) is 160 cm³/mol. The Hall–Kier alpha value is -4.20. The molecule has 0 aliphatic rings. The van der Waals surface area contributed by atoms with Gasteiger partial charge in [0, 0.05) is 30.4 Å². The van der Waals surface area contributed by atoms with Crippen LogP contribution in [-0.2, 0) is 14.3 Å². The molecule has 49 heavy (non-hydrogen) atoms. The standard InChI is InChI=1S/C30H26F9N3O6S/c1-26(2,3)22-15-19(42-11-10-23(43)40-25(42)44)14-21(24(22)45-5)18-7-6-17-13-20(9-8-16(17)12-18)46-41(4)49-48-30(38,39)29(36,37)47-28(34,35)27(31,32)33/h6-15H,1-5H3,(H,40,43,44). The Labute approximate surface area is 275 Å². The van der Waals surface area contributed by atoms with Crippen molar-refractivity contribution in [1.29, 1.82) is 0 Å². The molecular formula is C30H26F9N3O6S. The minimum atomic E-state index is -6.70. The first-order valence-electron chi connectivity index (χ1n) is 13.7. The van der Waals surface area contributed by atoms with Crippen LogP contribution in [-0.4, -0.2) is 52.7 Å². The van der Waals surface area contributed by atoms with E-state index in [1.54, 1.807) is 36.4 Å². The number of halogens is 9. The fourth-order valence-corrected chi connectivity index (χ4v) is 4.81. The third kappa shape index (κ3) is 8.17. The van der Waals surface area contributed by atoms with E-state index in [4.69, 9.17) is 9.57 Å². The molecular weight excluding hydrogens is 701 g/mol. The first-order chi connectivity index (χ1) is 22.5. The molecule has 4 aromatic rings. The van der Waals surface area contributed by atoms with Gasteiger partial charge in [0.2, 0.25) is 0 Å². The van der Waals surface area contributed by atoms with Gasteiger partial charge in [-0.05, 0) is 52.1 Å². The number of fused-ring (bicyclic) bond motifs is 1. The second kappa shape index (κ2) is 13.3. The Balaban J connectivity index is 1.59. The lowest BCUT2D eigenvalue weighted by molar-refractivity contribution is -0.506. The Morgan fingerprint density at radius 1 is 0.796 bits per heavy atom. The summed E-state index contributed by atoms with van der Waals surface area (Å²) in [4.78, 5) is 31.7. The maximum Gasteiger partial charge on any atom is 0.483 e. The molecule has 1 aromatic heterocycles. The van der Waals surface area contributed by atoms with Crippen LogP contribution < -0.4 is 20.8 Å². The van der Waals surface area contributed by atoms with Crippen molar-refractivity contribution in [2.24, 2.45) is 0 Å². The average molecular weight is 728 g/mol. The highest BCUT2D eigenvalue weighted by Gasteiger charge is 2.71. The number of hydrogen-bond acceptors (Lipinski definition) is 8. The van der Waals surface area contributed by atoms with Gasteiger partial charge in [0.1, 0.15) is 23.7 Å². The predicted octanol–water partition coefficient (Wildman–Crippen LogP) is 7.81. The van der Waals surface area contributed by atoms with Gasteiger partial charge in [-0.15, -0.1) is 0 Å². The van der Waals surface area contributed by atoms with Crippen LogP contribution in [0.2, 0.25) is 0 Å². The fraction of sp³-hybridized carbons (Fsp3) is 0.333. The van der Waals surface area contributed by atoms with Gasteiger partial charge in [0.25, 0.3) is 5.56 Å². The highest BCUT2D eigenvalue weighted by Crippen LogP contribution is 2.47. The summed E-state index contributed by atoms with van der Waals surface area (Å²) >= 11 is -0.631. The molecule has 0 atom stereocenters. The SMILES string of the molecule is COc1c(-c2ccc3cc(ON(C)SOC(F)(F)C(F)(F)OC(F)(F)C(F)(F)F)ccc3c2)cc(-n2ccc(=O)[nH]c2=O)cc1C(C)(C)C. The monoisotopic (exact) mass is 727 g/mol. The maximum atomic E-state index is 13.8. The number of H-pyrrole nitrogens is 1. The van der Waals surface area contributed by atoms with Crippen LogP contribution in [0.4, 0.5) is 39.5 Å². The molecule has 1 N–H and O–H groups in total. The Morgan fingerprint density at radius 2 is 1.43 bits per heavy atom. The van der Waals surface area contributed by atoms with E-state index in [0.29, 0.717) is 37.8 Å². The van der Waals surface area contributed by atoms with Crippen LogP contribution in [0.15, 0.2) is 70.4 Å². The second-order valence-corrected chi connectivity index (χ2v) is 12.2. The normalized spacial score (nSPS) is 13.3. The molecule has 0 unspecified atom stereocenters. The summed E-state index contributed by atoms with van der Waals surface area (Å²) in [6, 6.07) is 14.1. The van der Waals surface area contributed by atoms with Gasteiger partial charge in [0.05, 0.1) is 12.8 Å². The Bertz CT molecular complexity index is 1960. The number of hydroxylamine groups is 1. The summed E-state index contributed by atoms with van der Waals surface area (Å²) in [5.74, 6) is 0.474. The van der Waals surface area contributed by atoms with Crippen LogP contribution in [0.5, 0.6) is 11.5 Å². The van der Waals surface area contributed by atoms with E-state index in [1.165, 1.54) is 36.1 Å². The number of methoxy groups -OCH3 is 1. The highest BCUT2D eigenvalue weighted by atomic mass is 32.2. The van der Waals surface area contributed by atoms with Crippen molar-refractivity contribution in [3.63, 3.8) is 0 Å². The molecule has 1 heterocycles. The largest absolute Gasteiger partial charge is 0.496 e. The van der Waals surface area contributed by atoms with Crippen molar-refractivity contribution >= 4 is 23.0 Å². The molecule has 4 rings (SSSR count). The van der Waals surface area contributed by atoms with E-state index in [-0.39, 0.29) is 5.75 Å². The van der Waals surface area contributed by atoms with Gasteiger partial charge in [-0.2, -0.15) is 39.5 Å². The first kappa shape index (κ1) is 37.6. The van der Waals surface area contributed by atoms with Gasteiger partial charge in [-0.25, -0.2) is 13.7 Å². The summed E-state index contributed by atoms with van der Waals surface area (Å²) < 4.78 is 130. The molecule has 9 nitrogen and oxygen atoms in total. The molecule has 0 fully saturated rings. The van der Waals surface area contributed by atoms with Crippen LogP contribution in [0.1, 0.15) is 26.3 Å². The lowest BCUT2D eigenvalue weighted by Crippen LogP contribution is -2.52. The van der Waals surface area contributed by atoms with E-state index < -0.39 is 53.4 Å². The van der Waals surface area contributed by atoms with Crippen molar-refractivity contribution in [3.8, 4) is 28.3 Å². The summed E-state index contributed by atoms with van der Waals surface area (Å²) in [6.45, 7) is 5.84. The summed E-state index contributed by atoms with van der Waals surface area (Å²) in [6.07, 6.45) is -24.3. The third-order valence-corrected chi connectivity index (χ3v) is 7.29. The molecule has 266 valence electrons. The van der Waals surface area contributed by atoms with Gasteiger partial charge >= 0.3 is 30.2 Å². The zero-order valence-electron chi connectivity index (χ0n) is 25.9. The Morgan fingerprint density at radius 3 is 2.02 bits per heavy atom. The minimum absolute atomic E-state index is 0.0409. The molecule has 0 amide bonds. The van der Waals surface area contributed by atoms with E-state index in [9.17, 15) is 49.1 Å². The number of nitrogens with zero attached hydrogens (tertiary/aromatic N) is 2. The second-order valence-electron chi connectivity index (χ2n) is 11.4. The zero-order valence-corrected chi connectivity index (χ0v) is 26.7. The topological polar surface area (TPSA) is 95.0 Å². The number of nitrogens with one attached hydrogen (secondary N) is 1. The summed E-state index contributed by atoms with van der Waals surface area (Å²) in [5.41, 5.74) is 0.742. The smallest absolute Gasteiger partial charge is 0.483 e. The lowest BCUT2D eigenvalue weighted by Gasteiger charge is -2.29. The van der Waals surface area contributed by atoms with Crippen molar-refractivity contribution < 1.29 is 58.0 Å². The molecule has 0 aliphatic heterocycles. The Kier molecular flexibility index (Phi) is 10.2. The van der Waals surface area contributed by atoms with Crippen LogP contribution in [0.3, 0.4) is 0 Å². The first-order valence-corrected chi connectivity index (χ1v) is 14.4. The van der Waals surface area contributed by atoms with Gasteiger partial charge in [-0.3, -0.25) is 14.3 Å². The van der Waals surface area contributed by atoms with E-state index in [0.717, 1.165) is 12.6 Å². The van der Waals surface area contributed by atoms with Gasteiger partial charge in [-0.1, -0.05) is 43.4 Å². The van der Waals surface area contributed by atoms with Crippen molar-refractivity contribution in [2.45, 2.75) is 50.7 Å². The number of ether oxygens (including phenoxy) is 2. The average Bonchev–Trinajstić information content (AvgIpc) is 2.97. The van der Waals surface area contributed by atoms with E-state index in [2.05, 4.69) is 13.9 Å². The minimum Gasteiger partial charge on any atom is -0.496 e. The van der Waals surface area contributed by atoms with Crippen LogP contribution in [0.25, 0.3) is 27.6 Å². The fourth-order valence-electron chi connectivity index (χ4n) is 4.40. The van der Waals surface area contributed by atoms with Gasteiger partial charge in [0.15, 0.2) is 0 Å². The lowest BCUT2D eigenvalue weighted by atomic mass is 9.83. The molecule has 0 saturated heterocycles. The maximum absolute atomic E-state index is 13.8. The summed E-state index contributed by atoms with van der Waals surface area (Å²) in [7, 11) is 2.39. The highest BCUT2D eigenvalue weighted by molar-refractivity contribution is 7.92. The van der Waals surface area contributed by atoms with Crippen molar-refractivity contribution in [1.82, 2.24) is 14.0 Å². The van der Waals surface area contributed by atoms with Crippen molar-refractivity contribution in [3.05, 3.63) is 87.2 Å². The van der Waals surface area contributed by atoms with E-state index in [1.807, 2.05) is 20.8 Å². The number of aromatic nitrogens is 2. The van der Waals surface area contributed by atoms with Crippen LogP contribution >= 0.6 is 12.2 Å². The number of benzene rings is 3. The zero-order chi connectivity index (χ0) is 36.7. The molecule has 0 radical (unpaired) electrons. The third-order valence-electron chi connectivity index (χ3n) is 6.72.